The number of nitrogens with one attached hydrogen (secondary N) is 2. The number of anilines is 3. The average Bonchev–Trinajstić information content (AvgIpc) is 2.64. The molecule has 3 rings (SSSR count). The normalized spacial score (nSPS) is 14.9. The van der Waals surface area contributed by atoms with Crippen LogP contribution in [0.5, 0.6) is 5.75 Å². The number of likely N-dealkylation sites (N-methyl/N-ethyl adjacent to an activating group) is 1. The van der Waals surface area contributed by atoms with Gasteiger partial charge in [0.05, 0.1) is 11.8 Å². The molecule has 0 radical (unpaired) electrons. The van der Waals surface area contributed by atoms with E-state index in [0.29, 0.717) is 11.4 Å². The minimum atomic E-state index is -0.290. The summed E-state index contributed by atoms with van der Waals surface area (Å²) >= 11 is 0. The Morgan fingerprint density at radius 1 is 0.963 bits per heavy atom. The molecule has 0 unspecified atom stereocenters. The summed E-state index contributed by atoms with van der Waals surface area (Å²) in [5.41, 5.74) is 2.59. The first-order valence-electron chi connectivity index (χ1n) is 9.38. The van der Waals surface area contributed by atoms with Crippen LogP contribution in [0, 0.1) is 0 Å². The SMILES string of the molecule is CC(C)Oc1ccccc1NC(=O)Nc1ccc(N2CCN(C)CC2)cc1. The maximum Gasteiger partial charge on any atom is 0.323 e. The first-order valence-corrected chi connectivity index (χ1v) is 9.38. The minimum absolute atomic E-state index is 0.0399. The van der Waals surface area contributed by atoms with Gasteiger partial charge in [-0.25, -0.2) is 4.79 Å². The summed E-state index contributed by atoms with van der Waals surface area (Å²) in [7, 11) is 2.15. The van der Waals surface area contributed by atoms with Crippen LogP contribution in [0.1, 0.15) is 13.8 Å². The molecule has 0 spiro atoms. The summed E-state index contributed by atoms with van der Waals surface area (Å²) in [5.74, 6) is 0.660. The molecule has 1 aliphatic heterocycles. The summed E-state index contributed by atoms with van der Waals surface area (Å²) in [4.78, 5) is 17.0. The molecule has 144 valence electrons. The Hall–Kier alpha value is -2.73. The van der Waals surface area contributed by atoms with E-state index in [1.165, 1.54) is 5.69 Å². The predicted octanol–water partition coefficient (Wildman–Crippen LogP) is 3.87. The van der Waals surface area contributed by atoms with Gasteiger partial charge in [-0.15, -0.1) is 0 Å². The Labute approximate surface area is 161 Å². The van der Waals surface area contributed by atoms with E-state index in [2.05, 4.69) is 39.6 Å². The molecule has 6 nitrogen and oxygen atoms in total. The highest BCUT2D eigenvalue weighted by molar-refractivity contribution is 6.00. The molecule has 0 aromatic heterocycles. The van der Waals surface area contributed by atoms with Crippen LogP contribution in [0.3, 0.4) is 0 Å². The number of piperazine rings is 1. The van der Waals surface area contributed by atoms with Crippen LogP contribution >= 0.6 is 0 Å². The molecule has 2 N–H and O–H groups in total. The van der Waals surface area contributed by atoms with Crippen LogP contribution in [0.2, 0.25) is 0 Å². The standard InChI is InChI=1S/C21H28N4O2/c1-16(2)27-20-7-5-4-6-19(20)23-21(26)22-17-8-10-18(11-9-17)25-14-12-24(3)13-15-25/h4-11,16H,12-15H2,1-3H3,(H2,22,23,26). The van der Waals surface area contributed by atoms with Crippen molar-refractivity contribution in [1.82, 2.24) is 4.90 Å². The summed E-state index contributed by atoms with van der Waals surface area (Å²) in [5, 5.41) is 5.73. The van der Waals surface area contributed by atoms with Crippen molar-refractivity contribution in [3.8, 4) is 5.75 Å². The number of para-hydroxylation sites is 2. The van der Waals surface area contributed by atoms with E-state index in [9.17, 15) is 4.79 Å². The second-order valence-corrected chi connectivity index (χ2v) is 7.08. The highest BCUT2D eigenvalue weighted by Crippen LogP contribution is 2.25. The number of nitrogens with zero attached hydrogens (tertiary/aromatic N) is 2. The van der Waals surface area contributed by atoms with Crippen LogP contribution in [0.15, 0.2) is 48.5 Å². The van der Waals surface area contributed by atoms with Crippen molar-refractivity contribution in [2.24, 2.45) is 0 Å². The lowest BCUT2D eigenvalue weighted by atomic mass is 10.2. The quantitative estimate of drug-likeness (QED) is 0.841. The Morgan fingerprint density at radius 2 is 1.63 bits per heavy atom. The molecule has 2 aromatic rings. The third-order valence-electron chi connectivity index (χ3n) is 4.49. The molecule has 27 heavy (non-hydrogen) atoms. The first kappa shape index (κ1) is 19.0. The Balaban J connectivity index is 1.58. The van der Waals surface area contributed by atoms with Crippen molar-refractivity contribution in [2.45, 2.75) is 20.0 Å². The maximum atomic E-state index is 12.3. The molecule has 0 atom stereocenters. The van der Waals surface area contributed by atoms with E-state index in [0.717, 1.165) is 31.9 Å². The third kappa shape index (κ3) is 5.37. The van der Waals surface area contributed by atoms with Crippen LogP contribution in [0.25, 0.3) is 0 Å². The van der Waals surface area contributed by atoms with E-state index < -0.39 is 0 Å². The molecule has 0 saturated carbocycles. The molecule has 1 fully saturated rings. The molecule has 1 saturated heterocycles. The van der Waals surface area contributed by atoms with Crippen LogP contribution < -0.4 is 20.3 Å². The minimum Gasteiger partial charge on any atom is -0.489 e. The van der Waals surface area contributed by atoms with Gasteiger partial charge in [0, 0.05) is 37.6 Å². The number of ether oxygens (including phenoxy) is 1. The number of hydrogen-bond acceptors (Lipinski definition) is 4. The van der Waals surface area contributed by atoms with E-state index in [-0.39, 0.29) is 12.1 Å². The van der Waals surface area contributed by atoms with E-state index in [1.807, 2.05) is 50.2 Å². The molecule has 2 aromatic carbocycles. The van der Waals surface area contributed by atoms with Crippen LogP contribution in [0.4, 0.5) is 21.9 Å². The summed E-state index contributed by atoms with van der Waals surface area (Å²) < 4.78 is 5.74. The number of carbonyl (C=O) groups excluding carboxylic acids is 1. The van der Waals surface area contributed by atoms with Gasteiger partial charge >= 0.3 is 6.03 Å². The van der Waals surface area contributed by atoms with Crippen molar-refractivity contribution >= 4 is 23.1 Å². The Morgan fingerprint density at radius 3 is 2.30 bits per heavy atom. The van der Waals surface area contributed by atoms with Gasteiger partial charge in [0.25, 0.3) is 0 Å². The lowest BCUT2D eigenvalue weighted by molar-refractivity contribution is 0.243. The Kier molecular flexibility index (Phi) is 6.19. The molecular weight excluding hydrogens is 340 g/mol. The number of carbonyl (C=O) groups is 1. The molecule has 6 heteroatoms. The zero-order valence-electron chi connectivity index (χ0n) is 16.2. The summed E-state index contributed by atoms with van der Waals surface area (Å²) in [6, 6.07) is 15.1. The molecule has 2 amide bonds. The van der Waals surface area contributed by atoms with Gasteiger partial charge in [-0.05, 0) is 57.3 Å². The average molecular weight is 368 g/mol. The van der Waals surface area contributed by atoms with Crippen LogP contribution in [-0.4, -0.2) is 50.3 Å². The van der Waals surface area contributed by atoms with Crippen LogP contribution in [-0.2, 0) is 0 Å². The van der Waals surface area contributed by atoms with Crippen molar-refractivity contribution in [3.05, 3.63) is 48.5 Å². The predicted molar refractivity (Wildman–Crippen MR) is 111 cm³/mol. The van der Waals surface area contributed by atoms with Crippen molar-refractivity contribution in [1.29, 1.82) is 0 Å². The zero-order valence-corrected chi connectivity index (χ0v) is 16.2. The molecule has 0 aliphatic carbocycles. The monoisotopic (exact) mass is 368 g/mol. The molecule has 1 aliphatic rings. The summed E-state index contributed by atoms with van der Waals surface area (Å²) in [6.07, 6.45) is 0.0399. The zero-order chi connectivity index (χ0) is 19.2. The lowest BCUT2D eigenvalue weighted by Crippen LogP contribution is -2.44. The van der Waals surface area contributed by atoms with E-state index >= 15 is 0 Å². The largest absolute Gasteiger partial charge is 0.489 e. The second-order valence-electron chi connectivity index (χ2n) is 7.08. The highest BCUT2D eigenvalue weighted by atomic mass is 16.5. The van der Waals surface area contributed by atoms with E-state index in [4.69, 9.17) is 4.74 Å². The van der Waals surface area contributed by atoms with Crippen molar-refractivity contribution < 1.29 is 9.53 Å². The molecule has 0 bridgehead atoms. The van der Waals surface area contributed by atoms with Gasteiger partial charge in [-0.1, -0.05) is 12.1 Å². The van der Waals surface area contributed by atoms with Gasteiger partial charge in [-0.2, -0.15) is 0 Å². The highest BCUT2D eigenvalue weighted by Gasteiger charge is 2.14. The fourth-order valence-corrected chi connectivity index (χ4v) is 3.03. The third-order valence-corrected chi connectivity index (χ3v) is 4.49. The van der Waals surface area contributed by atoms with Gasteiger partial charge in [-0.3, -0.25) is 0 Å². The number of benzene rings is 2. The lowest BCUT2D eigenvalue weighted by Gasteiger charge is -2.34. The fourth-order valence-electron chi connectivity index (χ4n) is 3.03. The number of urea groups is 1. The van der Waals surface area contributed by atoms with E-state index in [1.54, 1.807) is 0 Å². The van der Waals surface area contributed by atoms with Crippen molar-refractivity contribution in [2.75, 3.05) is 48.8 Å². The number of rotatable bonds is 5. The first-order chi connectivity index (χ1) is 13.0. The number of amides is 2. The molecular formula is C21H28N4O2. The number of hydrogen-bond donors (Lipinski definition) is 2. The maximum absolute atomic E-state index is 12.3. The molecule has 1 heterocycles. The van der Waals surface area contributed by atoms with Gasteiger partial charge in [0.15, 0.2) is 0 Å². The van der Waals surface area contributed by atoms with Gasteiger partial charge in [0.2, 0.25) is 0 Å². The van der Waals surface area contributed by atoms with Gasteiger partial charge < -0.3 is 25.2 Å². The Bertz CT molecular complexity index is 753. The topological polar surface area (TPSA) is 56.8 Å². The summed E-state index contributed by atoms with van der Waals surface area (Å²) in [6.45, 7) is 8.10. The second kappa shape index (κ2) is 8.77. The van der Waals surface area contributed by atoms with Crippen molar-refractivity contribution in [3.63, 3.8) is 0 Å². The smallest absolute Gasteiger partial charge is 0.323 e. The van der Waals surface area contributed by atoms with Gasteiger partial charge in [0.1, 0.15) is 5.75 Å². The fraction of sp³-hybridized carbons (Fsp3) is 0.381.